The molecule has 3 N–H and O–H groups in total. The summed E-state index contributed by atoms with van der Waals surface area (Å²) in [5, 5.41) is 0. The quantitative estimate of drug-likeness (QED) is 0.764. The summed E-state index contributed by atoms with van der Waals surface area (Å²) in [4.78, 5) is 9.73. The normalized spacial score (nSPS) is 32.1. The largest absolute Gasteiger partial charge is 0.347 e. The summed E-state index contributed by atoms with van der Waals surface area (Å²) in [5.74, 6) is 0.939. The maximum Gasteiger partial charge on any atom is 0.126 e. The SMILES string of the molecule is CN(C)[C@H]1CCC[C@](N)(c2ncc[nH]2)C1. The van der Waals surface area contributed by atoms with E-state index in [1.807, 2.05) is 6.20 Å². The fourth-order valence-electron chi connectivity index (χ4n) is 2.47. The Morgan fingerprint density at radius 3 is 3.00 bits per heavy atom. The standard InChI is InChI=1S/C11H20N4/c1-15(2)9-4-3-5-11(12,8-9)10-13-6-7-14-10/h6-7,9H,3-5,8,12H2,1-2H3,(H,13,14)/t9-,11+/m0/s1. The van der Waals surface area contributed by atoms with E-state index >= 15 is 0 Å². The maximum atomic E-state index is 6.43. The molecule has 1 aliphatic rings. The lowest BCUT2D eigenvalue weighted by Crippen LogP contribution is -2.47. The van der Waals surface area contributed by atoms with Crippen LogP contribution in [0.4, 0.5) is 0 Å². The van der Waals surface area contributed by atoms with Crippen LogP contribution in [-0.4, -0.2) is 35.0 Å². The van der Waals surface area contributed by atoms with Crippen LogP contribution in [0.2, 0.25) is 0 Å². The van der Waals surface area contributed by atoms with E-state index in [4.69, 9.17) is 5.73 Å². The highest BCUT2D eigenvalue weighted by Gasteiger charge is 2.36. The highest BCUT2D eigenvalue weighted by molar-refractivity contribution is 5.08. The fraction of sp³-hybridized carbons (Fsp3) is 0.727. The highest BCUT2D eigenvalue weighted by Crippen LogP contribution is 2.34. The average molecular weight is 208 g/mol. The molecule has 1 aromatic heterocycles. The molecule has 0 unspecified atom stereocenters. The van der Waals surface area contributed by atoms with Gasteiger partial charge < -0.3 is 15.6 Å². The van der Waals surface area contributed by atoms with Crippen LogP contribution in [0.25, 0.3) is 0 Å². The number of hydrogen-bond acceptors (Lipinski definition) is 3. The minimum atomic E-state index is -0.253. The predicted octanol–water partition coefficient (Wildman–Crippen LogP) is 1.07. The summed E-state index contributed by atoms with van der Waals surface area (Å²) in [6, 6.07) is 0.578. The molecule has 1 heterocycles. The lowest BCUT2D eigenvalue weighted by molar-refractivity contribution is 0.157. The Labute approximate surface area is 90.9 Å². The Morgan fingerprint density at radius 2 is 2.40 bits per heavy atom. The molecule has 84 valence electrons. The summed E-state index contributed by atoms with van der Waals surface area (Å²) in [6.45, 7) is 0. The molecule has 1 fully saturated rings. The Balaban J connectivity index is 2.15. The molecular formula is C11H20N4. The zero-order chi connectivity index (χ0) is 10.9. The van der Waals surface area contributed by atoms with Crippen LogP contribution in [0.15, 0.2) is 12.4 Å². The second-order valence-corrected chi connectivity index (χ2v) is 4.81. The molecule has 0 saturated heterocycles. The molecule has 2 rings (SSSR count). The second-order valence-electron chi connectivity index (χ2n) is 4.81. The predicted molar refractivity (Wildman–Crippen MR) is 60.4 cm³/mol. The van der Waals surface area contributed by atoms with Gasteiger partial charge in [0.1, 0.15) is 5.82 Å². The van der Waals surface area contributed by atoms with E-state index in [1.165, 1.54) is 12.8 Å². The van der Waals surface area contributed by atoms with Gasteiger partial charge in [-0.2, -0.15) is 0 Å². The molecule has 1 aromatic rings. The molecule has 4 nitrogen and oxygen atoms in total. The van der Waals surface area contributed by atoms with Crippen molar-refractivity contribution in [2.75, 3.05) is 14.1 Å². The van der Waals surface area contributed by atoms with Gasteiger partial charge in [0.25, 0.3) is 0 Å². The number of H-pyrrole nitrogens is 1. The number of nitrogens with zero attached hydrogens (tertiary/aromatic N) is 2. The van der Waals surface area contributed by atoms with Crippen molar-refractivity contribution in [1.29, 1.82) is 0 Å². The van der Waals surface area contributed by atoms with Crippen LogP contribution in [0.1, 0.15) is 31.5 Å². The summed E-state index contributed by atoms with van der Waals surface area (Å²) in [6.07, 6.45) is 8.08. The average Bonchev–Trinajstić information content (AvgIpc) is 2.71. The van der Waals surface area contributed by atoms with Crippen LogP contribution in [-0.2, 0) is 5.54 Å². The fourth-order valence-corrected chi connectivity index (χ4v) is 2.47. The third kappa shape index (κ3) is 2.06. The van der Waals surface area contributed by atoms with Crippen molar-refractivity contribution in [3.05, 3.63) is 18.2 Å². The number of aromatic amines is 1. The molecule has 4 heteroatoms. The molecule has 15 heavy (non-hydrogen) atoms. The van der Waals surface area contributed by atoms with E-state index in [-0.39, 0.29) is 5.54 Å². The van der Waals surface area contributed by atoms with E-state index in [0.717, 1.165) is 18.7 Å². The Bertz CT molecular complexity index is 306. The summed E-state index contributed by atoms with van der Waals surface area (Å²) in [7, 11) is 4.25. The number of imidazole rings is 1. The molecule has 0 aliphatic heterocycles. The number of nitrogens with one attached hydrogen (secondary N) is 1. The van der Waals surface area contributed by atoms with Gasteiger partial charge in [0.05, 0.1) is 5.54 Å². The smallest absolute Gasteiger partial charge is 0.126 e. The van der Waals surface area contributed by atoms with Gasteiger partial charge in [-0.1, -0.05) is 0 Å². The molecular weight excluding hydrogens is 188 g/mol. The zero-order valence-electron chi connectivity index (χ0n) is 9.53. The first-order valence-corrected chi connectivity index (χ1v) is 5.57. The minimum Gasteiger partial charge on any atom is -0.347 e. The number of aromatic nitrogens is 2. The Hall–Kier alpha value is -0.870. The highest BCUT2D eigenvalue weighted by atomic mass is 15.1. The Morgan fingerprint density at radius 1 is 1.60 bits per heavy atom. The first-order valence-electron chi connectivity index (χ1n) is 5.57. The Kier molecular flexibility index (Phi) is 2.80. The number of nitrogens with two attached hydrogens (primary N) is 1. The van der Waals surface area contributed by atoms with Crippen molar-refractivity contribution in [2.24, 2.45) is 5.73 Å². The van der Waals surface area contributed by atoms with Crippen molar-refractivity contribution >= 4 is 0 Å². The molecule has 0 radical (unpaired) electrons. The minimum absolute atomic E-state index is 0.253. The molecule has 1 saturated carbocycles. The van der Waals surface area contributed by atoms with E-state index in [2.05, 4.69) is 29.0 Å². The topological polar surface area (TPSA) is 57.9 Å². The number of rotatable bonds is 2. The van der Waals surface area contributed by atoms with E-state index in [1.54, 1.807) is 6.20 Å². The van der Waals surface area contributed by atoms with Gasteiger partial charge in [-0.25, -0.2) is 4.98 Å². The van der Waals surface area contributed by atoms with Crippen LogP contribution in [0.5, 0.6) is 0 Å². The van der Waals surface area contributed by atoms with Crippen molar-refractivity contribution < 1.29 is 0 Å². The first kappa shape index (κ1) is 10.6. The third-order valence-corrected chi connectivity index (χ3v) is 3.46. The van der Waals surface area contributed by atoms with Crippen LogP contribution in [0, 0.1) is 0 Å². The van der Waals surface area contributed by atoms with Gasteiger partial charge in [-0.15, -0.1) is 0 Å². The zero-order valence-corrected chi connectivity index (χ0v) is 9.53. The molecule has 0 amide bonds. The molecule has 1 aliphatic carbocycles. The van der Waals surface area contributed by atoms with Gasteiger partial charge in [0.2, 0.25) is 0 Å². The van der Waals surface area contributed by atoms with E-state index in [0.29, 0.717) is 6.04 Å². The van der Waals surface area contributed by atoms with Crippen LogP contribution in [0.3, 0.4) is 0 Å². The van der Waals surface area contributed by atoms with Gasteiger partial charge >= 0.3 is 0 Å². The lowest BCUT2D eigenvalue weighted by atomic mass is 9.79. The molecule has 0 bridgehead atoms. The molecule has 2 atom stereocenters. The summed E-state index contributed by atoms with van der Waals surface area (Å²) >= 11 is 0. The van der Waals surface area contributed by atoms with Gasteiger partial charge in [0.15, 0.2) is 0 Å². The maximum absolute atomic E-state index is 6.43. The van der Waals surface area contributed by atoms with Crippen molar-refractivity contribution in [1.82, 2.24) is 14.9 Å². The van der Waals surface area contributed by atoms with Gasteiger partial charge in [0, 0.05) is 18.4 Å². The van der Waals surface area contributed by atoms with Crippen LogP contribution >= 0.6 is 0 Å². The third-order valence-electron chi connectivity index (χ3n) is 3.46. The first-order chi connectivity index (χ1) is 7.12. The van der Waals surface area contributed by atoms with Crippen molar-refractivity contribution in [2.45, 2.75) is 37.3 Å². The second kappa shape index (κ2) is 3.94. The van der Waals surface area contributed by atoms with Crippen molar-refractivity contribution in [3.63, 3.8) is 0 Å². The monoisotopic (exact) mass is 208 g/mol. The number of hydrogen-bond donors (Lipinski definition) is 2. The van der Waals surface area contributed by atoms with Gasteiger partial charge in [-0.05, 0) is 39.8 Å². The molecule has 0 aromatic carbocycles. The molecule has 0 spiro atoms. The van der Waals surface area contributed by atoms with Crippen molar-refractivity contribution in [3.8, 4) is 0 Å². The summed E-state index contributed by atoms with van der Waals surface area (Å²) in [5.41, 5.74) is 6.18. The lowest BCUT2D eigenvalue weighted by Gasteiger charge is -2.39. The van der Waals surface area contributed by atoms with E-state index in [9.17, 15) is 0 Å². The van der Waals surface area contributed by atoms with Gasteiger partial charge in [-0.3, -0.25) is 0 Å². The van der Waals surface area contributed by atoms with Crippen LogP contribution < -0.4 is 5.73 Å². The summed E-state index contributed by atoms with van der Waals surface area (Å²) < 4.78 is 0. The van der Waals surface area contributed by atoms with E-state index < -0.39 is 0 Å².